The Morgan fingerprint density at radius 1 is 0.875 bits per heavy atom. The fourth-order valence-electron chi connectivity index (χ4n) is 1.77. The zero-order valence-corrected chi connectivity index (χ0v) is 11.9. The SMILES string of the molecule is CC(C)CC1N=C(Cl)C(CC(C)C)N=C1Cl. The molecule has 1 rings (SSSR count). The van der Waals surface area contributed by atoms with Crippen LogP contribution in [0.15, 0.2) is 9.98 Å². The summed E-state index contributed by atoms with van der Waals surface area (Å²) in [6, 6.07) is -0.0600. The summed E-state index contributed by atoms with van der Waals surface area (Å²) < 4.78 is 0. The molecule has 0 spiro atoms. The topological polar surface area (TPSA) is 24.7 Å². The minimum atomic E-state index is -0.0300. The lowest BCUT2D eigenvalue weighted by molar-refractivity contribution is 0.536. The summed E-state index contributed by atoms with van der Waals surface area (Å²) in [6.07, 6.45) is 1.82. The van der Waals surface area contributed by atoms with Gasteiger partial charge in [-0.25, -0.2) is 0 Å². The second-order valence-electron chi connectivity index (χ2n) is 5.19. The molecule has 0 aromatic carbocycles. The van der Waals surface area contributed by atoms with Crippen LogP contribution in [0, 0.1) is 11.8 Å². The van der Waals surface area contributed by atoms with Crippen LogP contribution in [0.5, 0.6) is 0 Å². The van der Waals surface area contributed by atoms with Crippen LogP contribution in [0.3, 0.4) is 0 Å². The lowest BCUT2D eigenvalue weighted by atomic mass is 10.0. The summed E-state index contributed by atoms with van der Waals surface area (Å²) in [5.41, 5.74) is 0. The number of aliphatic imine (C=N–C) groups is 2. The monoisotopic (exact) mass is 262 g/mol. The van der Waals surface area contributed by atoms with Gasteiger partial charge in [-0.15, -0.1) is 0 Å². The van der Waals surface area contributed by atoms with Crippen molar-refractivity contribution in [3.05, 3.63) is 0 Å². The quantitative estimate of drug-likeness (QED) is 0.729. The Balaban J connectivity index is 2.71. The lowest BCUT2D eigenvalue weighted by Crippen LogP contribution is -2.29. The summed E-state index contributed by atoms with van der Waals surface area (Å²) >= 11 is 12.3. The van der Waals surface area contributed by atoms with E-state index in [0.29, 0.717) is 22.2 Å². The predicted molar refractivity (Wildman–Crippen MR) is 73.1 cm³/mol. The molecule has 0 aliphatic carbocycles. The molecule has 1 aliphatic heterocycles. The van der Waals surface area contributed by atoms with Gasteiger partial charge < -0.3 is 0 Å². The number of nitrogens with zero attached hydrogens (tertiary/aromatic N) is 2. The standard InChI is InChI=1S/C12H20Cl2N2/c1-7(2)5-9-11(13)16-10(6-8(3)4)12(14)15-9/h7-10H,5-6H2,1-4H3. The van der Waals surface area contributed by atoms with Gasteiger partial charge in [0, 0.05) is 0 Å². The van der Waals surface area contributed by atoms with Gasteiger partial charge in [0.25, 0.3) is 0 Å². The van der Waals surface area contributed by atoms with Gasteiger partial charge in [0.2, 0.25) is 0 Å². The van der Waals surface area contributed by atoms with E-state index in [4.69, 9.17) is 23.2 Å². The van der Waals surface area contributed by atoms with Crippen LogP contribution in [-0.2, 0) is 0 Å². The van der Waals surface area contributed by atoms with Gasteiger partial charge in [-0.3, -0.25) is 9.98 Å². The van der Waals surface area contributed by atoms with Crippen LogP contribution in [0.25, 0.3) is 0 Å². The zero-order chi connectivity index (χ0) is 12.3. The van der Waals surface area contributed by atoms with Crippen LogP contribution < -0.4 is 0 Å². The molecule has 0 fully saturated rings. The minimum absolute atomic E-state index is 0.0300. The van der Waals surface area contributed by atoms with E-state index in [9.17, 15) is 0 Å². The first-order chi connectivity index (χ1) is 7.40. The van der Waals surface area contributed by atoms with E-state index < -0.39 is 0 Å². The minimum Gasteiger partial charge on any atom is -0.265 e. The number of hydrogen-bond donors (Lipinski definition) is 0. The van der Waals surface area contributed by atoms with Gasteiger partial charge in [0.15, 0.2) is 0 Å². The highest BCUT2D eigenvalue weighted by Crippen LogP contribution is 2.23. The molecule has 1 aliphatic rings. The number of hydrogen-bond acceptors (Lipinski definition) is 2. The average Bonchev–Trinajstić information content (AvgIpc) is 2.11. The Hall–Kier alpha value is -0.0800. The average molecular weight is 263 g/mol. The second-order valence-corrected chi connectivity index (χ2v) is 5.97. The number of halogens is 2. The smallest absolute Gasteiger partial charge is 0.126 e. The molecule has 1 heterocycles. The lowest BCUT2D eigenvalue weighted by Gasteiger charge is -2.23. The first kappa shape index (κ1) is 14.0. The van der Waals surface area contributed by atoms with Crippen molar-refractivity contribution < 1.29 is 0 Å². The molecule has 0 aromatic rings. The summed E-state index contributed by atoms with van der Waals surface area (Å²) in [5.74, 6) is 1.09. The largest absolute Gasteiger partial charge is 0.265 e. The molecule has 0 N–H and O–H groups in total. The number of rotatable bonds is 4. The zero-order valence-electron chi connectivity index (χ0n) is 10.4. The highest BCUT2D eigenvalue weighted by atomic mass is 35.5. The van der Waals surface area contributed by atoms with Crippen LogP contribution >= 0.6 is 23.2 Å². The predicted octanol–water partition coefficient (Wildman–Crippen LogP) is 4.10. The fourth-order valence-corrected chi connectivity index (χ4v) is 2.28. The Labute approximate surface area is 108 Å². The molecule has 0 bridgehead atoms. The Morgan fingerprint density at radius 2 is 1.19 bits per heavy atom. The molecule has 0 saturated carbocycles. The molecule has 0 radical (unpaired) electrons. The maximum absolute atomic E-state index is 6.15. The first-order valence-corrected chi connectivity index (χ1v) is 6.62. The summed E-state index contributed by atoms with van der Waals surface area (Å²) in [7, 11) is 0. The van der Waals surface area contributed by atoms with Crippen molar-refractivity contribution in [2.75, 3.05) is 0 Å². The fraction of sp³-hybridized carbons (Fsp3) is 0.833. The molecular formula is C12H20Cl2N2. The van der Waals surface area contributed by atoms with E-state index >= 15 is 0 Å². The highest BCUT2D eigenvalue weighted by Gasteiger charge is 2.26. The van der Waals surface area contributed by atoms with E-state index in [1.165, 1.54) is 0 Å². The van der Waals surface area contributed by atoms with Gasteiger partial charge in [-0.1, -0.05) is 50.9 Å². The van der Waals surface area contributed by atoms with Crippen molar-refractivity contribution in [2.45, 2.75) is 52.6 Å². The van der Waals surface area contributed by atoms with Crippen LogP contribution in [-0.4, -0.2) is 22.4 Å². The van der Waals surface area contributed by atoms with Gasteiger partial charge in [-0.05, 0) is 24.7 Å². The molecular weight excluding hydrogens is 243 g/mol. The van der Waals surface area contributed by atoms with E-state index in [2.05, 4.69) is 37.7 Å². The van der Waals surface area contributed by atoms with Crippen LogP contribution in [0.4, 0.5) is 0 Å². The highest BCUT2D eigenvalue weighted by molar-refractivity contribution is 6.70. The van der Waals surface area contributed by atoms with Crippen molar-refractivity contribution in [1.29, 1.82) is 0 Å². The normalized spacial score (nSPS) is 26.0. The summed E-state index contributed by atoms with van der Waals surface area (Å²) in [6.45, 7) is 8.59. The summed E-state index contributed by atoms with van der Waals surface area (Å²) in [4.78, 5) is 8.91. The summed E-state index contributed by atoms with van der Waals surface area (Å²) in [5, 5.41) is 1.23. The molecule has 4 heteroatoms. The van der Waals surface area contributed by atoms with E-state index in [1.54, 1.807) is 0 Å². The van der Waals surface area contributed by atoms with Crippen molar-refractivity contribution >= 4 is 33.5 Å². The maximum Gasteiger partial charge on any atom is 0.126 e. The molecule has 0 amide bonds. The molecule has 2 nitrogen and oxygen atoms in total. The van der Waals surface area contributed by atoms with E-state index in [-0.39, 0.29) is 12.1 Å². The van der Waals surface area contributed by atoms with Crippen LogP contribution in [0.2, 0.25) is 0 Å². The van der Waals surface area contributed by atoms with Crippen molar-refractivity contribution in [3.63, 3.8) is 0 Å². The van der Waals surface area contributed by atoms with Gasteiger partial charge in [-0.2, -0.15) is 0 Å². The van der Waals surface area contributed by atoms with Crippen molar-refractivity contribution in [1.82, 2.24) is 0 Å². The van der Waals surface area contributed by atoms with Crippen molar-refractivity contribution in [2.24, 2.45) is 21.8 Å². The van der Waals surface area contributed by atoms with Gasteiger partial charge in [0.05, 0.1) is 0 Å². The molecule has 0 saturated heterocycles. The third-order valence-electron chi connectivity index (χ3n) is 2.50. The Kier molecular flexibility index (Phi) is 5.26. The first-order valence-electron chi connectivity index (χ1n) is 5.86. The van der Waals surface area contributed by atoms with E-state index in [0.717, 1.165) is 12.8 Å². The van der Waals surface area contributed by atoms with Gasteiger partial charge >= 0.3 is 0 Å². The second kappa shape index (κ2) is 6.02. The molecule has 2 unspecified atom stereocenters. The Bertz CT molecular complexity index is 265. The Morgan fingerprint density at radius 3 is 1.44 bits per heavy atom. The third-order valence-corrected chi connectivity index (χ3v) is 3.20. The third kappa shape index (κ3) is 4.06. The van der Waals surface area contributed by atoms with E-state index in [1.807, 2.05) is 0 Å². The van der Waals surface area contributed by atoms with Gasteiger partial charge in [0.1, 0.15) is 22.4 Å². The van der Waals surface area contributed by atoms with Crippen LogP contribution in [0.1, 0.15) is 40.5 Å². The molecule has 92 valence electrons. The molecule has 16 heavy (non-hydrogen) atoms. The molecule has 2 atom stereocenters. The van der Waals surface area contributed by atoms with Crippen molar-refractivity contribution in [3.8, 4) is 0 Å². The maximum atomic E-state index is 6.15. The molecule has 0 aromatic heterocycles.